The number of methoxy groups -OCH3 is 1. The molecule has 0 saturated heterocycles. The first-order valence-corrected chi connectivity index (χ1v) is 6.80. The second kappa shape index (κ2) is 6.07. The highest BCUT2D eigenvalue weighted by molar-refractivity contribution is 9.10. The number of rotatable bonds is 4. The maximum atomic E-state index is 5.22. The molecule has 0 radical (unpaired) electrons. The molecule has 1 aromatic heterocycles. The number of aromatic nitrogens is 2. The van der Waals surface area contributed by atoms with Gasteiger partial charge in [0.25, 0.3) is 0 Å². The first kappa shape index (κ1) is 14.8. The molecule has 0 aliphatic rings. The van der Waals surface area contributed by atoms with Crippen molar-refractivity contribution in [3.63, 3.8) is 0 Å². The van der Waals surface area contributed by atoms with Crippen LogP contribution in [0, 0.1) is 10.1 Å². The molecule has 5 heteroatoms. The Bertz CT molecular complexity index is 437. The lowest BCUT2D eigenvalue weighted by Crippen LogP contribution is -2.10. The van der Waals surface area contributed by atoms with Crippen LogP contribution in [-0.4, -0.2) is 17.1 Å². The van der Waals surface area contributed by atoms with Crippen LogP contribution in [0.15, 0.2) is 4.47 Å². The van der Waals surface area contributed by atoms with Gasteiger partial charge in [-0.05, 0) is 27.8 Å². The maximum absolute atomic E-state index is 5.22. The van der Waals surface area contributed by atoms with Crippen LogP contribution in [0.3, 0.4) is 0 Å². The molecule has 17 heavy (non-hydrogen) atoms. The van der Waals surface area contributed by atoms with Gasteiger partial charge in [0.2, 0.25) is 0 Å². The zero-order chi connectivity index (χ0) is 13.1. The minimum absolute atomic E-state index is 0.297. The van der Waals surface area contributed by atoms with Crippen molar-refractivity contribution in [1.82, 2.24) is 9.97 Å². The van der Waals surface area contributed by atoms with Crippen molar-refractivity contribution in [1.29, 1.82) is 0 Å². The highest BCUT2D eigenvalue weighted by Gasteiger charge is 2.12. The molecular weight excluding hydrogens is 300 g/mol. The maximum Gasteiger partial charge on any atom is 0.144 e. The van der Waals surface area contributed by atoms with Gasteiger partial charge >= 0.3 is 0 Å². The van der Waals surface area contributed by atoms with Crippen molar-refractivity contribution >= 4 is 28.1 Å². The molecule has 0 spiro atoms. The number of nitrogens with zero attached hydrogens (tertiary/aromatic N) is 1. The summed E-state index contributed by atoms with van der Waals surface area (Å²) in [4.78, 5) is 7.65. The van der Waals surface area contributed by atoms with Crippen molar-refractivity contribution < 1.29 is 4.74 Å². The summed E-state index contributed by atoms with van der Waals surface area (Å²) in [5.41, 5.74) is 1.25. The van der Waals surface area contributed by atoms with E-state index in [9.17, 15) is 0 Å². The predicted octanol–water partition coefficient (Wildman–Crippen LogP) is 4.03. The normalized spacial score (nSPS) is 11.8. The van der Waals surface area contributed by atoms with Crippen LogP contribution < -0.4 is 0 Å². The number of nitrogens with one attached hydrogen (secondary N) is 1. The third-order valence-corrected chi connectivity index (χ3v) is 3.80. The lowest BCUT2D eigenvalue weighted by atomic mass is 9.90. The van der Waals surface area contributed by atoms with Gasteiger partial charge in [-0.1, -0.05) is 33.0 Å². The minimum Gasteiger partial charge on any atom is -0.378 e. The Balaban J connectivity index is 2.91. The van der Waals surface area contributed by atoms with Gasteiger partial charge in [0.05, 0.1) is 16.8 Å². The van der Waals surface area contributed by atoms with E-state index in [0.29, 0.717) is 16.7 Å². The van der Waals surface area contributed by atoms with Crippen LogP contribution in [0.4, 0.5) is 0 Å². The summed E-state index contributed by atoms with van der Waals surface area (Å²) in [5, 5.41) is 0. The van der Waals surface area contributed by atoms with E-state index in [-0.39, 0.29) is 0 Å². The molecule has 1 N–H and O–H groups in total. The first-order valence-electron chi connectivity index (χ1n) is 5.60. The van der Waals surface area contributed by atoms with Crippen LogP contribution in [-0.2, 0) is 17.8 Å². The SMILES string of the molecule is COCc1[nH]c(CCC(C)(C)C)nc(=S)c1Br. The Morgan fingerprint density at radius 3 is 2.59 bits per heavy atom. The molecule has 0 saturated carbocycles. The van der Waals surface area contributed by atoms with E-state index in [2.05, 4.69) is 46.7 Å². The lowest BCUT2D eigenvalue weighted by molar-refractivity contribution is 0.180. The van der Waals surface area contributed by atoms with Crippen LogP contribution in [0.2, 0.25) is 0 Å². The third-order valence-electron chi connectivity index (χ3n) is 2.38. The molecule has 3 nitrogen and oxygen atoms in total. The zero-order valence-corrected chi connectivity index (χ0v) is 13.2. The molecule has 1 rings (SSSR count). The molecule has 0 bridgehead atoms. The van der Waals surface area contributed by atoms with Crippen LogP contribution in [0.1, 0.15) is 38.7 Å². The molecule has 0 fully saturated rings. The number of halogens is 1. The second-order valence-electron chi connectivity index (χ2n) is 5.27. The highest BCUT2D eigenvalue weighted by atomic mass is 79.9. The molecule has 0 aliphatic carbocycles. The number of aryl methyl sites for hydroxylation is 1. The molecule has 0 amide bonds. The van der Waals surface area contributed by atoms with Gasteiger partial charge in [-0.2, -0.15) is 0 Å². The van der Waals surface area contributed by atoms with Gasteiger partial charge in [0.15, 0.2) is 0 Å². The second-order valence-corrected chi connectivity index (χ2v) is 6.45. The van der Waals surface area contributed by atoms with Crippen LogP contribution >= 0.6 is 28.1 Å². The van der Waals surface area contributed by atoms with E-state index in [4.69, 9.17) is 17.0 Å². The monoisotopic (exact) mass is 318 g/mol. The largest absolute Gasteiger partial charge is 0.378 e. The standard InChI is InChI=1S/C12H19BrN2OS/c1-12(2,3)6-5-9-14-8(7-16-4)10(13)11(17)15-9/h5-7H2,1-4H3,(H,14,15,17). The van der Waals surface area contributed by atoms with E-state index in [0.717, 1.165) is 28.8 Å². The topological polar surface area (TPSA) is 37.9 Å². The Kier molecular flexibility index (Phi) is 5.28. The average molecular weight is 319 g/mol. The molecular formula is C12H19BrN2OS. The Labute approximate surface area is 116 Å². The predicted molar refractivity (Wildman–Crippen MR) is 75.6 cm³/mol. The van der Waals surface area contributed by atoms with E-state index in [1.54, 1.807) is 7.11 Å². The quantitative estimate of drug-likeness (QED) is 0.852. The molecule has 0 unspecified atom stereocenters. The summed E-state index contributed by atoms with van der Waals surface area (Å²) in [7, 11) is 1.67. The van der Waals surface area contributed by atoms with Crippen LogP contribution in [0.25, 0.3) is 0 Å². The zero-order valence-electron chi connectivity index (χ0n) is 10.8. The number of ether oxygens (including phenoxy) is 1. The van der Waals surface area contributed by atoms with Crippen molar-refractivity contribution in [2.24, 2.45) is 5.41 Å². The fourth-order valence-electron chi connectivity index (χ4n) is 1.41. The van der Waals surface area contributed by atoms with Crippen molar-refractivity contribution in [3.8, 4) is 0 Å². The fraction of sp³-hybridized carbons (Fsp3) is 0.667. The average Bonchev–Trinajstić information content (AvgIpc) is 2.21. The Hall–Kier alpha value is -0.260. The molecule has 0 atom stereocenters. The van der Waals surface area contributed by atoms with Gasteiger partial charge in [-0.25, -0.2) is 4.98 Å². The van der Waals surface area contributed by atoms with Crippen molar-refractivity contribution in [3.05, 3.63) is 20.6 Å². The molecule has 96 valence electrons. The summed E-state index contributed by atoms with van der Waals surface area (Å²) in [6.45, 7) is 7.17. The summed E-state index contributed by atoms with van der Waals surface area (Å²) in [6.07, 6.45) is 1.97. The molecule has 0 aromatic carbocycles. The highest BCUT2D eigenvalue weighted by Crippen LogP contribution is 2.22. The molecule has 1 heterocycles. The van der Waals surface area contributed by atoms with E-state index in [1.165, 1.54) is 0 Å². The van der Waals surface area contributed by atoms with Gasteiger partial charge in [-0.3, -0.25) is 0 Å². The first-order chi connectivity index (χ1) is 7.83. The summed E-state index contributed by atoms with van der Waals surface area (Å²) in [5.74, 6) is 0.931. The summed E-state index contributed by atoms with van der Waals surface area (Å²) in [6, 6.07) is 0. The lowest BCUT2D eigenvalue weighted by Gasteiger charge is -2.17. The Morgan fingerprint density at radius 2 is 2.06 bits per heavy atom. The fourth-order valence-corrected chi connectivity index (χ4v) is 1.95. The molecule has 0 aliphatic heterocycles. The number of aromatic amines is 1. The van der Waals surface area contributed by atoms with Crippen LogP contribution in [0.5, 0.6) is 0 Å². The van der Waals surface area contributed by atoms with Gasteiger partial charge in [-0.15, -0.1) is 0 Å². The van der Waals surface area contributed by atoms with Crippen molar-refractivity contribution in [2.45, 2.75) is 40.2 Å². The van der Waals surface area contributed by atoms with Gasteiger partial charge in [0.1, 0.15) is 10.5 Å². The van der Waals surface area contributed by atoms with Crippen molar-refractivity contribution in [2.75, 3.05) is 7.11 Å². The number of hydrogen-bond acceptors (Lipinski definition) is 3. The molecule has 1 aromatic rings. The van der Waals surface area contributed by atoms with Gasteiger partial charge in [0, 0.05) is 13.5 Å². The number of hydrogen-bond donors (Lipinski definition) is 1. The minimum atomic E-state index is 0.297. The van der Waals surface area contributed by atoms with E-state index >= 15 is 0 Å². The Morgan fingerprint density at radius 1 is 1.41 bits per heavy atom. The smallest absolute Gasteiger partial charge is 0.144 e. The van der Waals surface area contributed by atoms with E-state index < -0.39 is 0 Å². The third kappa shape index (κ3) is 4.85. The van der Waals surface area contributed by atoms with E-state index in [1.807, 2.05) is 0 Å². The summed E-state index contributed by atoms with van der Waals surface area (Å²) >= 11 is 8.64. The summed E-state index contributed by atoms with van der Waals surface area (Å²) < 4.78 is 6.55. The number of H-pyrrole nitrogens is 1. The van der Waals surface area contributed by atoms with Gasteiger partial charge < -0.3 is 9.72 Å².